The number of nitrogens with zero attached hydrogens (tertiary/aromatic N) is 3. The van der Waals surface area contributed by atoms with Crippen molar-refractivity contribution in [3.63, 3.8) is 0 Å². The molecule has 0 atom stereocenters. The number of fused-ring (bicyclic) bond motifs is 1. The molecule has 142 valence electrons. The van der Waals surface area contributed by atoms with Gasteiger partial charge in [0.25, 0.3) is 0 Å². The molecular weight excluding hydrogens is 385 g/mol. The number of halogens is 2. The van der Waals surface area contributed by atoms with Crippen molar-refractivity contribution in [2.45, 2.75) is 33.8 Å². The highest BCUT2D eigenvalue weighted by Crippen LogP contribution is 2.35. The van der Waals surface area contributed by atoms with Crippen LogP contribution in [-0.4, -0.2) is 21.8 Å². The van der Waals surface area contributed by atoms with Crippen LogP contribution in [0.4, 0.5) is 5.69 Å². The first-order valence-corrected chi connectivity index (χ1v) is 9.50. The quantitative estimate of drug-likeness (QED) is 0.559. The van der Waals surface area contributed by atoms with E-state index in [4.69, 9.17) is 27.9 Å². The number of carbonyl (C=O) groups is 1. The molecule has 0 saturated heterocycles. The molecule has 1 aromatic carbocycles. The summed E-state index contributed by atoms with van der Waals surface area (Å²) in [5, 5.41) is 0.924. The standard InChI is InChI=1S/C20H21Cl2N3O2/c1-4-9-25(14(3)26)17-8-7-16(21)15(19(17)22)12-27-18-6-5-10-24-11-13(2)23-20(18)24/h5-8,10-11H,4,9,12H2,1-3H3. The van der Waals surface area contributed by atoms with E-state index in [0.29, 0.717) is 33.6 Å². The fourth-order valence-electron chi connectivity index (χ4n) is 2.97. The number of amides is 1. The third kappa shape index (κ3) is 4.04. The highest BCUT2D eigenvalue weighted by Gasteiger charge is 2.19. The monoisotopic (exact) mass is 405 g/mol. The van der Waals surface area contributed by atoms with Gasteiger partial charge in [0.2, 0.25) is 5.91 Å². The second kappa shape index (κ2) is 8.19. The third-order valence-electron chi connectivity index (χ3n) is 4.22. The van der Waals surface area contributed by atoms with Crippen LogP contribution in [0.15, 0.2) is 36.7 Å². The van der Waals surface area contributed by atoms with Crippen LogP contribution >= 0.6 is 23.2 Å². The predicted octanol–water partition coefficient (Wildman–Crippen LogP) is 5.29. The first-order chi connectivity index (χ1) is 12.9. The molecule has 0 radical (unpaired) electrons. The molecule has 2 heterocycles. The van der Waals surface area contributed by atoms with Crippen molar-refractivity contribution in [3.8, 4) is 5.75 Å². The Kier molecular flexibility index (Phi) is 5.92. The lowest BCUT2D eigenvalue weighted by atomic mass is 10.1. The molecule has 0 aliphatic rings. The van der Waals surface area contributed by atoms with Crippen molar-refractivity contribution in [1.82, 2.24) is 9.38 Å². The number of benzene rings is 1. The van der Waals surface area contributed by atoms with Crippen LogP contribution in [0.25, 0.3) is 5.65 Å². The van der Waals surface area contributed by atoms with Crippen molar-refractivity contribution in [3.05, 3.63) is 58.0 Å². The molecule has 0 N–H and O–H groups in total. The maximum absolute atomic E-state index is 12.0. The summed E-state index contributed by atoms with van der Waals surface area (Å²) in [4.78, 5) is 18.1. The maximum atomic E-state index is 12.0. The summed E-state index contributed by atoms with van der Waals surface area (Å²) in [6, 6.07) is 7.26. The molecule has 0 saturated carbocycles. The predicted molar refractivity (Wildman–Crippen MR) is 109 cm³/mol. The summed E-state index contributed by atoms with van der Waals surface area (Å²) in [5.74, 6) is 0.575. The Hall–Kier alpha value is -2.24. The Balaban J connectivity index is 1.92. The van der Waals surface area contributed by atoms with Crippen LogP contribution in [0.2, 0.25) is 10.0 Å². The Bertz CT molecular complexity index is 985. The zero-order valence-corrected chi connectivity index (χ0v) is 17.0. The number of hydrogen-bond donors (Lipinski definition) is 0. The molecule has 3 aromatic rings. The van der Waals surface area contributed by atoms with Gasteiger partial charge in [-0.25, -0.2) is 4.98 Å². The Morgan fingerprint density at radius 1 is 1.30 bits per heavy atom. The van der Waals surface area contributed by atoms with E-state index in [9.17, 15) is 4.79 Å². The van der Waals surface area contributed by atoms with E-state index < -0.39 is 0 Å². The van der Waals surface area contributed by atoms with Crippen molar-refractivity contribution >= 4 is 40.4 Å². The van der Waals surface area contributed by atoms with Gasteiger partial charge in [0.05, 0.1) is 16.4 Å². The molecule has 2 aromatic heterocycles. The van der Waals surface area contributed by atoms with Crippen LogP contribution in [0.3, 0.4) is 0 Å². The Labute approximate surface area is 168 Å². The number of carbonyl (C=O) groups excluding carboxylic acids is 1. The first-order valence-electron chi connectivity index (χ1n) is 8.74. The average molecular weight is 406 g/mol. The lowest BCUT2D eigenvalue weighted by Gasteiger charge is -2.23. The lowest BCUT2D eigenvalue weighted by Crippen LogP contribution is -2.29. The largest absolute Gasteiger partial charge is 0.485 e. The molecule has 5 nitrogen and oxygen atoms in total. The van der Waals surface area contributed by atoms with E-state index >= 15 is 0 Å². The minimum atomic E-state index is -0.0643. The first kappa shape index (κ1) is 19.5. The van der Waals surface area contributed by atoms with Gasteiger partial charge in [-0.1, -0.05) is 30.1 Å². The summed E-state index contributed by atoms with van der Waals surface area (Å²) >= 11 is 13.0. The van der Waals surface area contributed by atoms with E-state index in [0.717, 1.165) is 17.8 Å². The molecule has 3 rings (SSSR count). The van der Waals surface area contributed by atoms with E-state index in [-0.39, 0.29) is 12.5 Å². The van der Waals surface area contributed by atoms with Gasteiger partial charge in [0, 0.05) is 36.4 Å². The van der Waals surface area contributed by atoms with Gasteiger partial charge in [-0.2, -0.15) is 0 Å². The molecule has 7 heteroatoms. The molecule has 27 heavy (non-hydrogen) atoms. The highest BCUT2D eigenvalue weighted by molar-refractivity contribution is 6.38. The minimum absolute atomic E-state index is 0.0643. The number of anilines is 1. The molecule has 0 bridgehead atoms. The zero-order chi connectivity index (χ0) is 19.6. The SMILES string of the molecule is CCCN(C(C)=O)c1ccc(Cl)c(COc2cccn3cc(C)nc23)c1Cl. The van der Waals surface area contributed by atoms with Gasteiger partial charge >= 0.3 is 0 Å². The summed E-state index contributed by atoms with van der Waals surface area (Å²) in [6.45, 7) is 6.23. The van der Waals surface area contributed by atoms with Gasteiger partial charge in [-0.05, 0) is 37.6 Å². The smallest absolute Gasteiger partial charge is 0.223 e. The number of aryl methyl sites for hydroxylation is 1. The van der Waals surface area contributed by atoms with Gasteiger partial charge in [0.15, 0.2) is 11.4 Å². The van der Waals surface area contributed by atoms with Crippen molar-refractivity contribution in [1.29, 1.82) is 0 Å². The van der Waals surface area contributed by atoms with Gasteiger partial charge < -0.3 is 14.0 Å². The van der Waals surface area contributed by atoms with E-state index in [2.05, 4.69) is 4.98 Å². The molecule has 0 spiro atoms. The molecule has 0 aliphatic heterocycles. The summed E-state index contributed by atoms with van der Waals surface area (Å²) in [5.41, 5.74) is 2.92. The van der Waals surface area contributed by atoms with E-state index in [1.807, 2.05) is 42.8 Å². The van der Waals surface area contributed by atoms with Crippen molar-refractivity contribution in [2.24, 2.45) is 0 Å². The third-order valence-corrected chi connectivity index (χ3v) is 5.00. The van der Waals surface area contributed by atoms with Crippen molar-refractivity contribution < 1.29 is 9.53 Å². The Morgan fingerprint density at radius 3 is 2.78 bits per heavy atom. The fraction of sp³-hybridized carbons (Fsp3) is 0.300. The van der Waals surface area contributed by atoms with Crippen LogP contribution in [0.5, 0.6) is 5.75 Å². The van der Waals surface area contributed by atoms with E-state index in [1.54, 1.807) is 17.0 Å². The highest BCUT2D eigenvalue weighted by atomic mass is 35.5. The van der Waals surface area contributed by atoms with E-state index in [1.165, 1.54) is 6.92 Å². The number of aromatic nitrogens is 2. The summed E-state index contributed by atoms with van der Waals surface area (Å²) < 4.78 is 7.89. The minimum Gasteiger partial charge on any atom is -0.485 e. The normalized spacial score (nSPS) is 11.0. The van der Waals surface area contributed by atoms with Gasteiger partial charge in [-0.15, -0.1) is 0 Å². The second-order valence-electron chi connectivity index (χ2n) is 6.30. The van der Waals surface area contributed by atoms with Crippen LogP contribution in [0, 0.1) is 6.92 Å². The zero-order valence-electron chi connectivity index (χ0n) is 15.5. The van der Waals surface area contributed by atoms with Gasteiger partial charge in [0.1, 0.15) is 6.61 Å². The average Bonchev–Trinajstić information content (AvgIpc) is 3.01. The molecule has 0 aliphatic carbocycles. The Morgan fingerprint density at radius 2 is 2.07 bits per heavy atom. The summed E-state index contributed by atoms with van der Waals surface area (Å²) in [6.07, 6.45) is 4.67. The van der Waals surface area contributed by atoms with Crippen LogP contribution in [-0.2, 0) is 11.4 Å². The number of hydrogen-bond acceptors (Lipinski definition) is 3. The van der Waals surface area contributed by atoms with Crippen LogP contribution in [0.1, 0.15) is 31.5 Å². The second-order valence-corrected chi connectivity index (χ2v) is 7.09. The molecule has 1 amide bonds. The molecule has 0 unspecified atom stereocenters. The number of rotatable bonds is 6. The molecule has 0 fully saturated rings. The number of imidazole rings is 1. The number of pyridine rings is 1. The maximum Gasteiger partial charge on any atom is 0.223 e. The topological polar surface area (TPSA) is 46.8 Å². The van der Waals surface area contributed by atoms with Crippen LogP contribution < -0.4 is 9.64 Å². The van der Waals surface area contributed by atoms with Gasteiger partial charge in [-0.3, -0.25) is 4.79 Å². The number of ether oxygens (including phenoxy) is 1. The van der Waals surface area contributed by atoms with Crippen molar-refractivity contribution in [2.75, 3.05) is 11.4 Å². The molecular formula is C20H21Cl2N3O2. The fourth-order valence-corrected chi connectivity index (χ4v) is 3.55. The summed E-state index contributed by atoms with van der Waals surface area (Å²) in [7, 11) is 0. The lowest BCUT2D eigenvalue weighted by molar-refractivity contribution is -0.116.